The van der Waals surface area contributed by atoms with Gasteiger partial charge in [0.1, 0.15) is 0 Å². The summed E-state index contributed by atoms with van der Waals surface area (Å²) < 4.78 is 41.1. The lowest BCUT2D eigenvalue weighted by Crippen LogP contribution is -2.11. The molecule has 6 heteroatoms. The average Bonchev–Trinajstić information content (AvgIpc) is 2.53. The maximum absolute atomic E-state index is 11.8. The molecule has 0 radical (unpaired) electrons. The molecule has 144 valence electrons. The number of halogens is 1. The van der Waals surface area contributed by atoms with Crippen LogP contribution in [0.4, 0.5) is 4.39 Å². The van der Waals surface area contributed by atoms with E-state index in [1.807, 2.05) is 12.2 Å². The Morgan fingerprint density at radius 2 is 1.17 bits per heavy atom. The SMILES string of the molecule is C=CCNCC=C.O=S(=O)(O)CCCCCCCCCCCCF. The molecular formula is C18H36FNO3S. The molecule has 0 amide bonds. The van der Waals surface area contributed by atoms with Gasteiger partial charge in [-0.05, 0) is 12.8 Å². The Labute approximate surface area is 148 Å². The monoisotopic (exact) mass is 365 g/mol. The molecular weight excluding hydrogens is 329 g/mol. The van der Waals surface area contributed by atoms with Crippen LogP contribution in [0.5, 0.6) is 0 Å². The van der Waals surface area contributed by atoms with Crippen molar-refractivity contribution in [1.82, 2.24) is 5.32 Å². The Hall–Kier alpha value is -0.720. The van der Waals surface area contributed by atoms with Crippen molar-refractivity contribution >= 4 is 10.1 Å². The molecule has 0 atom stereocenters. The van der Waals surface area contributed by atoms with Crippen molar-refractivity contribution in [3.05, 3.63) is 25.3 Å². The minimum absolute atomic E-state index is 0.115. The van der Waals surface area contributed by atoms with Crippen LogP contribution in [0.2, 0.25) is 0 Å². The van der Waals surface area contributed by atoms with Gasteiger partial charge in [-0.15, -0.1) is 13.2 Å². The van der Waals surface area contributed by atoms with E-state index in [1.165, 1.54) is 19.3 Å². The van der Waals surface area contributed by atoms with E-state index in [9.17, 15) is 12.8 Å². The van der Waals surface area contributed by atoms with E-state index in [2.05, 4.69) is 18.5 Å². The molecule has 0 aromatic carbocycles. The predicted octanol–water partition coefficient (Wildman–Crippen LogP) is 4.69. The first kappa shape index (κ1) is 25.5. The molecule has 0 rings (SSSR count). The molecule has 0 aliphatic rings. The second-order valence-electron chi connectivity index (χ2n) is 5.75. The van der Waals surface area contributed by atoms with E-state index >= 15 is 0 Å². The zero-order chi connectivity index (χ0) is 18.5. The fraction of sp³-hybridized carbons (Fsp3) is 0.778. The van der Waals surface area contributed by atoms with Gasteiger partial charge in [0.25, 0.3) is 10.1 Å². The summed E-state index contributed by atoms with van der Waals surface area (Å²) in [5.41, 5.74) is 0. The number of hydrogen-bond acceptors (Lipinski definition) is 3. The molecule has 0 spiro atoms. The van der Waals surface area contributed by atoms with Gasteiger partial charge in [-0.3, -0.25) is 8.94 Å². The second-order valence-corrected chi connectivity index (χ2v) is 7.32. The van der Waals surface area contributed by atoms with Crippen LogP contribution in [0.25, 0.3) is 0 Å². The maximum atomic E-state index is 11.8. The highest BCUT2D eigenvalue weighted by molar-refractivity contribution is 7.85. The average molecular weight is 366 g/mol. The zero-order valence-corrected chi connectivity index (χ0v) is 15.8. The third-order valence-corrected chi connectivity index (χ3v) is 4.17. The van der Waals surface area contributed by atoms with Crippen LogP contribution in [0.3, 0.4) is 0 Å². The summed E-state index contributed by atoms with van der Waals surface area (Å²) >= 11 is 0. The fourth-order valence-corrected chi connectivity index (χ4v) is 2.65. The maximum Gasteiger partial charge on any atom is 0.264 e. The highest BCUT2D eigenvalue weighted by Crippen LogP contribution is 2.10. The minimum Gasteiger partial charge on any atom is -0.310 e. The van der Waals surface area contributed by atoms with Gasteiger partial charge in [0.15, 0.2) is 0 Å². The van der Waals surface area contributed by atoms with E-state index in [4.69, 9.17) is 4.55 Å². The van der Waals surface area contributed by atoms with Gasteiger partial charge in [-0.1, -0.05) is 63.5 Å². The van der Waals surface area contributed by atoms with E-state index < -0.39 is 10.1 Å². The first-order valence-electron chi connectivity index (χ1n) is 8.91. The lowest BCUT2D eigenvalue weighted by molar-refractivity contribution is 0.449. The molecule has 0 aromatic heterocycles. The third kappa shape index (κ3) is 29.3. The van der Waals surface area contributed by atoms with Gasteiger partial charge in [0, 0.05) is 13.1 Å². The molecule has 0 saturated heterocycles. The molecule has 0 aliphatic heterocycles. The summed E-state index contributed by atoms with van der Waals surface area (Å²) in [6.45, 7) is 8.60. The van der Waals surface area contributed by atoms with Crippen molar-refractivity contribution in [1.29, 1.82) is 0 Å². The van der Waals surface area contributed by atoms with Crippen LogP contribution in [0.1, 0.15) is 64.2 Å². The molecule has 0 fully saturated rings. The number of unbranched alkanes of at least 4 members (excludes halogenated alkanes) is 9. The third-order valence-electron chi connectivity index (χ3n) is 3.36. The topological polar surface area (TPSA) is 66.4 Å². The lowest BCUT2D eigenvalue weighted by atomic mass is 10.1. The number of nitrogens with one attached hydrogen (secondary N) is 1. The quantitative estimate of drug-likeness (QED) is 0.236. The Bertz CT molecular complexity index is 364. The summed E-state index contributed by atoms with van der Waals surface area (Å²) in [5, 5.41) is 3.05. The molecule has 0 aliphatic carbocycles. The van der Waals surface area contributed by atoms with Gasteiger partial charge < -0.3 is 5.32 Å². The number of alkyl halides is 1. The second kappa shape index (κ2) is 20.3. The van der Waals surface area contributed by atoms with Gasteiger partial charge >= 0.3 is 0 Å². The van der Waals surface area contributed by atoms with E-state index in [1.54, 1.807) is 0 Å². The van der Waals surface area contributed by atoms with Crippen molar-refractivity contribution < 1.29 is 17.4 Å². The van der Waals surface area contributed by atoms with Gasteiger partial charge in [-0.25, -0.2) is 0 Å². The summed E-state index contributed by atoms with van der Waals surface area (Å²) in [5.74, 6) is -0.115. The first-order chi connectivity index (χ1) is 11.5. The lowest BCUT2D eigenvalue weighted by Gasteiger charge is -2.01. The molecule has 0 heterocycles. The standard InChI is InChI=1S/C12H25FO3S.C6H11N/c13-11-9-7-5-3-1-2-4-6-8-10-12-17(14,15)16;1-3-5-7-6-4-2/h1-12H2,(H,14,15,16);3-4,7H,1-2,5-6H2. The molecule has 24 heavy (non-hydrogen) atoms. The van der Waals surface area contributed by atoms with Crippen LogP contribution in [-0.4, -0.2) is 38.5 Å². The zero-order valence-electron chi connectivity index (χ0n) is 15.0. The molecule has 0 saturated carbocycles. The van der Waals surface area contributed by atoms with Crippen LogP contribution >= 0.6 is 0 Å². The molecule has 4 nitrogen and oxygen atoms in total. The Morgan fingerprint density at radius 1 is 0.792 bits per heavy atom. The van der Waals surface area contributed by atoms with Gasteiger partial charge in [-0.2, -0.15) is 8.42 Å². The highest BCUT2D eigenvalue weighted by atomic mass is 32.2. The first-order valence-corrected chi connectivity index (χ1v) is 10.5. The highest BCUT2D eigenvalue weighted by Gasteiger charge is 2.02. The molecule has 2 N–H and O–H groups in total. The van der Waals surface area contributed by atoms with E-state index in [0.29, 0.717) is 12.8 Å². The largest absolute Gasteiger partial charge is 0.310 e. The summed E-state index contributed by atoms with van der Waals surface area (Å²) in [4.78, 5) is 0. The molecule has 0 aromatic rings. The number of rotatable bonds is 16. The van der Waals surface area contributed by atoms with E-state index in [0.717, 1.165) is 45.2 Å². The van der Waals surface area contributed by atoms with Crippen LogP contribution in [0.15, 0.2) is 25.3 Å². The van der Waals surface area contributed by atoms with Crippen molar-refractivity contribution in [2.45, 2.75) is 64.2 Å². The minimum atomic E-state index is -3.76. The van der Waals surface area contributed by atoms with Crippen molar-refractivity contribution in [2.75, 3.05) is 25.5 Å². The Kier molecular flexibility index (Phi) is 21.6. The van der Waals surface area contributed by atoms with Crippen molar-refractivity contribution in [3.8, 4) is 0 Å². The van der Waals surface area contributed by atoms with Gasteiger partial charge in [0.05, 0.1) is 12.4 Å². The Morgan fingerprint density at radius 3 is 1.50 bits per heavy atom. The fourth-order valence-electron chi connectivity index (χ4n) is 2.08. The van der Waals surface area contributed by atoms with E-state index in [-0.39, 0.29) is 12.4 Å². The Balaban J connectivity index is 0. The van der Waals surface area contributed by atoms with Crippen molar-refractivity contribution in [3.63, 3.8) is 0 Å². The van der Waals surface area contributed by atoms with Crippen molar-refractivity contribution in [2.24, 2.45) is 0 Å². The number of hydrogen-bond donors (Lipinski definition) is 2. The van der Waals surface area contributed by atoms with Gasteiger partial charge in [0.2, 0.25) is 0 Å². The summed E-state index contributed by atoms with van der Waals surface area (Å²) in [6, 6.07) is 0. The summed E-state index contributed by atoms with van der Waals surface area (Å²) in [6.07, 6.45) is 13.5. The van der Waals surface area contributed by atoms with Crippen LogP contribution in [0, 0.1) is 0 Å². The normalized spacial score (nSPS) is 10.8. The summed E-state index contributed by atoms with van der Waals surface area (Å²) in [7, 11) is -3.76. The van der Waals surface area contributed by atoms with Crippen LogP contribution < -0.4 is 5.32 Å². The smallest absolute Gasteiger partial charge is 0.264 e. The molecule has 0 unspecified atom stereocenters. The predicted molar refractivity (Wildman–Crippen MR) is 102 cm³/mol. The molecule has 0 bridgehead atoms. The van der Waals surface area contributed by atoms with Crippen LogP contribution in [-0.2, 0) is 10.1 Å².